The molecule has 86 valence electrons. The van der Waals surface area contributed by atoms with Gasteiger partial charge in [-0.2, -0.15) is 0 Å². The molecule has 0 rings (SSSR count). The smallest absolute Gasteiger partial charge is 0.152 e. The summed E-state index contributed by atoms with van der Waals surface area (Å²) in [5, 5.41) is 9.06. The summed E-state index contributed by atoms with van der Waals surface area (Å²) in [6, 6.07) is 0. The van der Waals surface area contributed by atoms with Gasteiger partial charge in [-0.1, -0.05) is 26.7 Å². The van der Waals surface area contributed by atoms with Gasteiger partial charge in [-0.25, -0.2) is 8.42 Å². The molecule has 0 radical (unpaired) electrons. The van der Waals surface area contributed by atoms with Crippen molar-refractivity contribution >= 4 is 9.84 Å². The first-order valence-corrected chi connectivity index (χ1v) is 7.15. The van der Waals surface area contributed by atoms with Gasteiger partial charge in [-0.15, -0.1) is 0 Å². The Bertz CT molecular complexity index is 242. The Morgan fingerprint density at radius 1 is 1.21 bits per heavy atom. The van der Waals surface area contributed by atoms with Gasteiger partial charge in [0.05, 0.1) is 11.4 Å². The second kappa shape index (κ2) is 5.71. The van der Waals surface area contributed by atoms with E-state index in [0.29, 0.717) is 12.3 Å². The van der Waals surface area contributed by atoms with Crippen molar-refractivity contribution in [3.05, 3.63) is 0 Å². The monoisotopic (exact) mass is 222 g/mol. The van der Waals surface area contributed by atoms with Gasteiger partial charge in [-0.3, -0.25) is 0 Å². The van der Waals surface area contributed by atoms with E-state index in [4.69, 9.17) is 0 Å². The van der Waals surface area contributed by atoms with Crippen molar-refractivity contribution in [2.24, 2.45) is 5.92 Å². The van der Waals surface area contributed by atoms with Crippen LogP contribution < -0.4 is 0 Å². The number of hydrogen-bond donors (Lipinski definition) is 1. The zero-order chi connectivity index (χ0) is 11.4. The summed E-state index contributed by atoms with van der Waals surface area (Å²) in [6.45, 7) is 5.69. The number of hydrogen-bond acceptors (Lipinski definition) is 3. The van der Waals surface area contributed by atoms with E-state index >= 15 is 0 Å². The summed E-state index contributed by atoms with van der Waals surface area (Å²) in [7, 11) is -3.11. The van der Waals surface area contributed by atoms with E-state index in [2.05, 4.69) is 13.8 Å². The molecule has 3 nitrogen and oxygen atoms in total. The molecule has 0 amide bonds. The molecule has 0 fully saturated rings. The average molecular weight is 222 g/mol. The maximum absolute atomic E-state index is 11.2. The molecule has 0 heterocycles. The van der Waals surface area contributed by atoms with Crippen LogP contribution in [0.4, 0.5) is 0 Å². The van der Waals surface area contributed by atoms with Crippen LogP contribution >= 0.6 is 0 Å². The first-order valence-electron chi connectivity index (χ1n) is 5.19. The second-order valence-corrected chi connectivity index (χ2v) is 6.42. The second-order valence-electron chi connectivity index (χ2n) is 4.02. The van der Waals surface area contributed by atoms with Gasteiger partial charge in [0.2, 0.25) is 0 Å². The fourth-order valence-electron chi connectivity index (χ4n) is 1.44. The Morgan fingerprint density at radius 3 is 1.93 bits per heavy atom. The van der Waals surface area contributed by atoms with Crippen LogP contribution in [0, 0.1) is 5.92 Å². The van der Waals surface area contributed by atoms with Gasteiger partial charge in [-0.05, 0) is 19.3 Å². The Morgan fingerprint density at radius 2 is 1.64 bits per heavy atom. The molecule has 2 unspecified atom stereocenters. The molecule has 2 atom stereocenters. The predicted octanol–water partition coefficient (Wildman–Crippen LogP) is 1.61. The molecule has 0 aromatic rings. The zero-order valence-corrected chi connectivity index (χ0v) is 10.3. The van der Waals surface area contributed by atoms with Crippen molar-refractivity contribution in [3.63, 3.8) is 0 Å². The molecule has 0 bridgehead atoms. The van der Waals surface area contributed by atoms with E-state index in [0.717, 1.165) is 12.8 Å². The first kappa shape index (κ1) is 13.9. The number of sulfone groups is 1. The highest BCUT2D eigenvalue weighted by atomic mass is 32.2. The van der Waals surface area contributed by atoms with E-state index < -0.39 is 21.2 Å². The highest BCUT2D eigenvalue weighted by Crippen LogP contribution is 2.19. The van der Waals surface area contributed by atoms with Gasteiger partial charge in [0.1, 0.15) is 0 Å². The molecule has 0 aliphatic carbocycles. The van der Waals surface area contributed by atoms with E-state index in [-0.39, 0.29) is 0 Å². The molecule has 0 aliphatic rings. The van der Waals surface area contributed by atoms with E-state index in [9.17, 15) is 13.5 Å². The van der Waals surface area contributed by atoms with Crippen LogP contribution in [0.25, 0.3) is 0 Å². The number of rotatable bonds is 6. The minimum Gasteiger partial charge on any atom is -0.392 e. The minimum absolute atomic E-state index is 0.425. The minimum atomic E-state index is -3.11. The SMILES string of the molecule is CCC(CC)CC(O)C(C)S(C)(=O)=O. The van der Waals surface area contributed by atoms with Crippen molar-refractivity contribution in [1.82, 2.24) is 0 Å². The fraction of sp³-hybridized carbons (Fsp3) is 1.00. The van der Waals surface area contributed by atoms with Gasteiger partial charge >= 0.3 is 0 Å². The molecule has 0 aliphatic heterocycles. The summed E-state index contributed by atoms with van der Waals surface area (Å²) in [5.41, 5.74) is 0. The maximum atomic E-state index is 11.2. The van der Waals surface area contributed by atoms with Gasteiger partial charge in [0.25, 0.3) is 0 Å². The Labute approximate surface area is 87.4 Å². The summed E-state index contributed by atoms with van der Waals surface area (Å²) in [4.78, 5) is 0. The lowest BCUT2D eigenvalue weighted by Gasteiger charge is -2.21. The molecular weight excluding hydrogens is 200 g/mol. The molecule has 0 aromatic heterocycles. The van der Waals surface area contributed by atoms with Crippen molar-refractivity contribution < 1.29 is 13.5 Å². The summed E-state index contributed by atoms with van der Waals surface area (Å²) in [6.07, 6.45) is 3.01. The third-order valence-electron chi connectivity index (χ3n) is 2.95. The summed E-state index contributed by atoms with van der Waals surface area (Å²) in [5.74, 6) is 0.425. The normalized spacial score (nSPS) is 17.0. The van der Waals surface area contributed by atoms with Crippen LogP contribution in [0.2, 0.25) is 0 Å². The van der Waals surface area contributed by atoms with E-state index in [1.165, 1.54) is 6.26 Å². The van der Waals surface area contributed by atoms with Gasteiger partial charge in [0, 0.05) is 6.26 Å². The van der Waals surface area contributed by atoms with E-state index in [1.54, 1.807) is 6.92 Å². The quantitative estimate of drug-likeness (QED) is 0.743. The average Bonchev–Trinajstić information content (AvgIpc) is 2.11. The molecule has 0 aromatic carbocycles. The third kappa shape index (κ3) is 4.42. The molecule has 0 saturated carbocycles. The lowest BCUT2D eigenvalue weighted by molar-refractivity contribution is 0.138. The van der Waals surface area contributed by atoms with Gasteiger partial charge in [0.15, 0.2) is 9.84 Å². The standard InChI is InChI=1S/C10H22O3S/c1-5-9(6-2)7-10(11)8(3)14(4,12)13/h8-11H,5-7H2,1-4H3. The molecule has 1 N–H and O–H groups in total. The summed E-state index contributed by atoms with van der Waals surface area (Å²) < 4.78 is 22.3. The van der Waals surface area contributed by atoms with Crippen LogP contribution in [-0.2, 0) is 9.84 Å². The fourth-order valence-corrected chi connectivity index (χ4v) is 2.12. The lowest BCUT2D eigenvalue weighted by atomic mass is 9.95. The predicted molar refractivity (Wildman–Crippen MR) is 59.0 cm³/mol. The molecule has 0 spiro atoms. The third-order valence-corrected chi connectivity index (χ3v) is 4.61. The van der Waals surface area contributed by atoms with Crippen molar-refractivity contribution in [3.8, 4) is 0 Å². The lowest BCUT2D eigenvalue weighted by Crippen LogP contribution is -2.32. The molecule has 0 saturated heterocycles. The number of aliphatic hydroxyl groups is 1. The van der Waals surface area contributed by atoms with Crippen molar-refractivity contribution in [2.45, 2.75) is 51.4 Å². The van der Waals surface area contributed by atoms with Crippen LogP contribution in [0.1, 0.15) is 40.0 Å². The van der Waals surface area contributed by atoms with Crippen LogP contribution in [0.5, 0.6) is 0 Å². The number of aliphatic hydroxyl groups excluding tert-OH is 1. The Kier molecular flexibility index (Phi) is 5.67. The Hall–Kier alpha value is -0.0900. The summed E-state index contributed by atoms with van der Waals surface area (Å²) >= 11 is 0. The molecular formula is C10H22O3S. The first-order chi connectivity index (χ1) is 6.32. The molecule has 14 heavy (non-hydrogen) atoms. The van der Waals surface area contributed by atoms with E-state index in [1.807, 2.05) is 0 Å². The largest absolute Gasteiger partial charge is 0.392 e. The molecule has 4 heteroatoms. The highest BCUT2D eigenvalue weighted by Gasteiger charge is 2.25. The van der Waals surface area contributed by atoms with Gasteiger partial charge < -0.3 is 5.11 Å². The topological polar surface area (TPSA) is 54.4 Å². The highest BCUT2D eigenvalue weighted by molar-refractivity contribution is 7.91. The van der Waals surface area contributed by atoms with Crippen LogP contribution in [0.15, 0.2) is 0 Å². The van der Waals surface area contributed by atoms with Crippen LogP contribution in [0.3, 0.4) is 0 Å². The maximum Gasteiger partial charge on any atom is 0.152 e. The van der Waals surface area contributed by atoms with Crippen LogP contribution in [-0.4, -0.2) is 31.1 Å². The van der Waals surface area contributed by atoms with Crippen molar-refractivity contribution in [2.75, 3.05) is 6.26 Å². The Balaban J connectivity index is 4.27. The van der Waals surface area contributed by atoms with Crippen molar-refractivity contribution in [1.29, 1.82) is 0 Å². The zero-order valence-electron chi connectivity index (χ0n) is 9.53.